The van der Waals surface area contributed by atoms with Crippen LogP contribution in [0.3, 0.4) is 0 Å². The fourth-order valence-electron chi connectivity index (χ4n) is 1.93. The normalized spacial score (nSPS) is 11.3. The standard InChI is InChI=1S/C15H19ClN4O4S/c1-2-8-17-14(21)18-9-7-13-19-20-15(24-13)25(22,23)10-11-5-3-4-6-12(11)16/h3-6H,2,7-10H2,1H3,(H2,17,18,21). The van der Waals surface area contributed by atoms with E-state index in [1.54, 1.807) is 24.3 Å². The van der Waals surface area contributed by atoms with E-state index in [0.717, 1.165) is 6.42 Å². The Hall–Kier alpha value is -2.13. The average molecular weight is 387 g/mol. The molecule has 0 bridgehead atoms. The second kappa shape index (κ2) is 8.82. The van der Waals surface area contributed by atoms with Gasteiger partial charge in [-0.2, -0.15) is 0 Å². The van der Waals surface area contributed by atoms with E-state index in [2.05, 4.69) is 20.8 Å². The number of nitrogens with zero attached hydrogens (tertiary/aromatic N) is 2. The summed E-state index contributed by atoms with van der Waals surface area (Å²) in [6, 6.07) is 6.35. The quantitative estimate of drug-likeness (QED) is 0.716. The van der Waals surface area contributed by atoms with Crippen LogP contribution in [0.1, 0.15) is 24.8 Å². The maximum Gasteiger partial charge on any atom is 0.335 e. The van der Waals surface area contributed by atoms with Crippen LogP contribution in [-0.4, -0.2) is 37.7 Å². The predicted octanol–water partition coefficient (Wildman–Crippen LogP) is 1.95. The summed E-state index contributed by atoms with van der Waals surface area (Å²) in [7, 11) is -3.79. The van der Waals surface area contributed by atoms with Crippen molar-refractivity contribution in [3.8, 4) is 0 Å². The van der Waals surface area contributed by atoms with Gasteiger partial charge in [-0.15, -0.1) is 5.10 Å². The van der Waals surface area contributed by atoms with Gasteiger partial charge in [-0.3, -0.25) is 0 Å². The lowest BCUT2D eigenvalue weighted by atomic mass is 10.2. The van der Waals surface area contributed by atoms with Gasteiger partial charge in [0.25, 0.3) is 0 Å². The molecule has 25 heavy (non-hydrogen) atoms. The molecule has 0 saturated carbocycles. The Balaban J connectivity index is 1.93. The molecule has 0 unspecified atom stereocenters. The summed E-state index contributed by atoms with van der Waals surface area (Å²) in [5.41, 5.74) is 0.457. The molecule has 0 spiro atoms. The molecule has 0 fully saturated rings. The number of rotatable bonds is 8. The summed E-state index contributed by atoms with van der Waals surface area (Å²) in [4.78, 5) is 11.4. The molecule has 0 aliphatic heterocycles. The largest absolute Gasteiger partial charge is 0.412 e. The number of carbonyl (C=O) groups excluding carboxylic acids is 1. The van der Waals surface area contributed by atoms with Gasteiger partial charge in [0, 0.05) is 24.5 Å². The summed E-state index contributed by atoms with van der Waals surface area (Å²) in [6.45, 7) is 2.78. The Morgan fingerprint density at radius 3 is 2.64 bits per heavy atom. The van der Waals surface area contributed by atoms with Crippen LogP contribution in [-0.2, 0) is 22.0 Å². The van der Waals surface area contributed by atoms with Crippen molar-refractivity contribution in [1.29, 1.82) is 0 Å². The average Bonchev–Trinajstić information content (AvgIpc) is 3.05. The lowest BCUT2D eigenvalue weighted by molar-refractivity contribution is 0.240. The monoisotopic (exact) mass is 386 g/mol. The molecule has 2 N–H and O–H groups in total. The Kier molecular flexibility index (Phi) is 6.77. The third-order valence-corrected chi connectivity index (χ3v) is 4.93. The zero-order chi connectivity index (χ0) is 18.3. The Bertz CT molecular complexity index is 822. The summed E-state index contributed by atoms with van der Waals surface area (Å²) in [5, 5.41) is 12.5. The number of hydrogen-bond acceptors (Lipinski definition) is 6. The molecule has 136 valence electrons. The molecule has 0 radical (unpaired) electrons. The fourth-order valence-corrected chi connectivity index (χ4v) is 3.39. The molecular formula is C15H19ClN4O4S. The van der Waals surface area contributed by atoms with Crippen LogP contribution in [0.5, 0.6) is 0 Å². The minimum atomic E-state index is -3.79. The zero-order valence-corrected chi connectivity index (χ0v) is 15.2. The van der Waals surface area contributed by atoms with Gasteiger partial charge in [-0.25, -0.2) is 13.2 Å². The molecule has 0 aliphatic rings. The Labute approximate surface area is 150 Å². The van der Waals surface area contributed by atoms with E-state index in [1.165, 1.54) is 0 Å². The number of halogens is 1. The highest BCUT2D eigenvalue weighted by atomic mass is 35.5. The highest BCUT2D eigenvalue weighted by Crippen LogP contribution is 2.21. The third-order valence-electron chi connectivity index (χ3n) is 3.18. The van der Waals surface area contributed by atoms with E-state index < -0.39 is 15.1 Å². The number of sulfone groups is 1. The predicted molar refractivity (Wildman–Crippen MR) is 92.0 cm³/mol. The second-order valence-corrected chi connectivity index (χ2v) is 7.52. The van der Waals surface area contributed by atoms with Gasteiger partial charge in [0.05, 0.1) is 5.75 Å². The van der Waals surface area contributed by atoms with Crippen LogP contribution < -0.4 is 10.6 Å². The summed E-state index contributed by atoms with van der Waals surface area (Å²) in [5.74, 6) is -0.195. The number of urea groups is 1. The molecule has 0 atom stereocenters. The van der Waals surface area contributed by atoms with Crippen molar-refractivity contribution < 1.29 is 17.6 Å². The minimum Gasteiger partial charge on any atom is -0.412 e. The van der Waals surface area contributed by atoms with E-state index in [4.69, 9.17) is 16.0 Å². The number of hydrogen-bond donors (Lipinski definition) is 2. The first-order valence-corrected chi connectivity index (χ1v) is 9.75. The van der Waals surface area contributed by atoms with Crippen molar-refractivity contribution >= 4 is 27.5 Å². The third kappa shape index (κ3) is 5.71. The van der Waals surface area contributed by atoms with Gasteiger partial charge in [-0.05, 0) is 18.1 Å². The lowest BCUT2D eigenvalue weighted by Crippen LogP contribution is -2.36. The molecule has 2 amide bonds. The minimum absolute atomic E-state index is 0.133. The maximum atomic E-state index is 12.3. The second-order valence-electron chi connectivity index (χ2n) is 5.24. The molecule has 1 aromatic heterocycles. The van der Waals surface area contributed by atoms with E-state index in [-0.39, 0.29) is 30.6 Å². The molecule has 1 heterocycles. The zero-order valence-electron chi connectivity index (χ0n) is 13.7. The first kappa shape index (κ1) is 19.2. The number of benzene rings is 1. The molecule has 8 nitrogen and oxygen atoms in total. The number of amides is 2. The van der Waals surface area contributed by atoms with Gasteiger partial charge in [0.15, 0.2) is 0 Å². The van der Waals surface area contributed by atoms with Crippen LogP contribution in [0.15, 0.2) is 33.9 Å². The molecular weight excluding hydrogens is 368 g/mol. The topological polar surface area (TPSA) is 114 Å². The van der Waals surface area contributed by atoms with Crippen LogP contribution in [0.25, 0.3) is 0 Å². The molecule has 0 aliphatic carbocycles. The molecule has 10 heteroatoms. The van der Waals surface area contributed by atoms with Crippen LogP contribution in [0.4, 0.5) is 4.79 Å². The Morgan fingerprint density at radius 1 is 1.20 bits per heavy atom. The van der Waals surface area contributed by atoms with E-state index in [0.29, 0.717) is 17.1 Å². The summed E-state index contributed by atoms with van der Waals surface area (Å²) in [6.07, 6.45) is 1.07. The van der Waals surface area contributed by atoms with Gasteiger partial charge in [-0.1, -0.05) is 41.8 Å². The van der Waals surface area contributed by atoms with E-state index >= 15 is 0 Å². The SMILES string of the molecule is CCCNC(=O)NCCc1nnc(S(=O)(=O)Cc2ccccc2Cl)o1. The molecule has 2 rings (SSSR count). The fraction of sp³-hybridized carbons (Fsp3) is 0.400. The van der Waals surface area contributed by atoms with Crippen molar-refractivity contribution in [3.05, 3.63) is 40.7 Å². The molecule has 1 aromatic carbocycles. The molecule has 0 saturated heterocycles. The van der Waals surface area contributed by atoms with Gasteiger partial charge in [0.1, 0.15) is 0 Å². The van der Waals surface area contributed by atoms with Gasteiger partial charge >= 0.3 is 11.3 Å². The number of nitrogens with one attached hydrogen (secondary N) is 2. The molecule has 2 aromatic rings. The van der Waals surface area contributed by atoms with Gasteiger partial charge in [0.2, 0.25) is 15.7 Å². The van der Waals surface area contributed by atoms with E-state index in [1.807, 2.05) is 6.92 Å². The van der Waals surface area contributed by atoms with Crippen molar-refractivity contribution in [1.82, 2.24) is 20.8 Å². The smallest absolute Gasteiger partial charge is 0.335 e. The lowest BCUT2D eigenvalue weighted by Gasteiger charge is -2.04. The maximum absolute atomic E-state index is 12.3. The van der Waals surface area contributed by atoms with Crippen LogP contribution >= 0.6 is 11.6 Å². The van der Waals surface area contributed by atoms with Crippen molar-refractivity contribution in [2.24, 2.45) is 0 Å². The highest BCUT2D eigenvalue weighted by Gasteiger charge is 2.24. The van der Waals surface area contributed by atoms with Gasteiger partial charge < -0.3 is 15.1 Å². The first-order valence-electron chi connectivity index (χ1n) is 7.72. The van der Waals surface area contributed by atoms with Crippen LogP contribution in [0, 0.1) is 0 Å². The van der Waals surface area contributed by atoms with Crippen molar-refractivity contribution in [2.45, 2.75) is 30.7 Å². The summed E-state index contributed by atoms with van der Waals surface area (Å²) >= 11 is 5.98. The van der Waals surface area contributed by atoms with Crippen molar-refractivity contribution in [3.63, 3.8) is 0 Å². The van der Waals surface area contributed by atoms with Crippen molar-refractivity contribution in [2.75, 3.05) is 13.1 Å². The Morgan fingerprint density at radius 2 is 1.92 bits per heavy atom. The van der Waals surface area contributed by atoms with Crippen LogP contribution in [0.2, 0.25) is 5.02 Å². The summed E-state index contributed by atoms with van der Waals surface area (Å²) < 4.78 is 29.9. The number of carbonyl (C=O) groups is 1. The first-order chi connectivity index (χ1) is 11.9. The highest BCUT2D eigenvalue weighted by molar-refractivity contribution is 7.90. The van der Waals surface area contributed by atoms with E-state index in [9.17, 15) is 13.2 Å². The number of aromatic nitrogens is 2.